The first-order valence-corrected chi connectivity index (χ1v) is 7.34. The summed E-state index contributed by atoms with van der Waals surface area (Å²) >= 11 is 5.99. The van der Waals surface area contributed by atoms with Crippen molar-refractivity contribution in [3.8, 4) is 0 Å². The molecule has 0 amide bonds. The van der Waals surface area contributed by atoms with Crippen molar-refractivity contribution in [2.75, 3.05) is 6.54 Å². The summed E-state index contributed by atoms with van der Waals surface area (Å²) in [5, 5.41) is 4.22. The van der Waals surface area contributed by atoms with E-state index in [2.05, 4.69) is 31.1 Å². The third-order valence-electron chi connectivity index (χ3n) is 3.96. The quantitative estimate of drug-likeness (QED) is 0.804. The van der Waals surface area contributed by atoms with Crippen LogP contribution in [0.2, 0.25) is 5.15 Å². The maximum absolute atomic E-state index is 5.99. The fourth-order valence-electron chi connectivity index (χ4n) is 2.47. The summed E-state index contributed by atoms with van der Waals surface area (Å²) in [4.78, 5) is 4.23. The largest absolute Gasteiger partial charge is 0.310 e. The second-order valence-corrected chi connectivity index (χ2v) is 6.10. The summed E-state index contributed by atoms with van der Waals surface area (Å²) < 4.78 is 0. The normalized spacial score (nSPS) is 17.8. The highest BCUT2D eigenvalue weighted by Gasteiger charge is 2.19. The molecule has 0 radical (unpaired) electrons. The lowest BCUT2D eigenvalue weighted by Crippen LogP contribution is -2.30. The van der Waals surface area contributed by atoms with E-state index >= 15 is 0 Å². The lowest BCUT2D eigenvalue weighted by molar-refractivity contribution is 0.292. The van der Waals surface area contributed by atoms with Crippen LogP contribution in [0.4, 0.5) is 0 Å². The van der Waals surface area contributed by atoms with Gasteiger partial charge >= 0.3 is 0 Å². The van der Waals surface area contributed by atoms with Crippen molar-refractivity contribution in [1.82, 2.24) is 10.3 Å². The van der Waals surface area contributed by atoms with Crippen LogP contribution in [0.15, 0.2) is 12.3 Å². The van der Waals surface area contributed by atoms with Crippen LogP contribution in [-0.4, -0.2) is 11.5 Å². The molecular formula is C15H23ClN2. The molecule has 1 unspecified atom stereocenters. The molecule has 0 bridgehead atoms. The first-order chi connectivity index (χ1) is 8.58. The number of rotatable bonds is 5. The van der Waals surface area contributed by atoms with E-state index in [0.717, 1.165) is 12.5 Å². The molecule has 18 heavy (non-hydrogen) atoms. The van der Waals surface area contributed by atoms with Crippen LogP contribution in [-0.2, 0) is 0 Å². The molecule has 2 nitrogen and oxygen atoms in total. The number of nitrogens with one attached hydrogen (secondary N) is 1. The molecule has 1 N–H and O–H groups in total. The molecule has 0 aliphatic heterocycles. The van der Waals surface area contributed by atoms with Crippen LogP contribution >= 0.6 is 11.6 Å². The molecule has 1 fully saturated rings. The third-order valence-corrected chi connectivity index (χ3v) is 4.17. The Bertz CT molecular complexity index is 399. The molecule has 0 spiro atoms. The number of halogens is 1. The van der Waals surface area contributed by atoms with Gasteiger partial charge in [0, 0.05) is 12.2 Å². The van der Waals surface area contributed by atoms with E-state index in [-0.39, 0.29) is 0 Å². The zero-order valence-electron chi connectivity index (χ0n) is 11.5. The highest BCUT2D eigenvalue weighted by Crippen LogP contribution is 2.29. The van der Waals surface area contributed by atoms with Gasteiger partial charge in [-0.15, -0.1) is 0 Å². The van der Waals surface area contributed by atoms with Crippen molar-refractivity contribution in [1.29, 1.82) is 0 Å². The van der Waals surface area contributed by atoms with E-state index in [1.165, 1.54) is 30.4 Å². The predicted molar refractivity (Wildman–Crippen MR) is 77.1 cm³/mol. The third kappa shape index (κ3) is 3.24. The summed E-state index contributed by atoms with van der Waals surface area (Å²) in [5.41, 5.74) is 2.59. The van der Waals surface area contributed by atoms with Crippen molar-refractivity contribution >= 4 is 11.6 Å². The fraction of sp³-hybridized carbons (Fsp3) is 0.667. The Hall–Kier alpha value is -0.600. The molecular weight excluding hydrogens is 244 g/mol. The monoisotopic (exact) mass is 266 g/mol. The van der Waals surface area contributed by atoms with Gasteiger partial charge in [-0.2, -0.15) is 0 Å². The Balaban J connectivity index is 2.05. The number of hydrogen-bond donors (Lipinski definition) is 1. The molecule has 0 aromatic carbocycles. The maximum atomic E-state index is 5.99. The van der Waals surface area contributed by atoms with E-state index in [1.807, 2.05) is 12.3 Å². The Labute approximate surface area is 115 Å². The number of nitrogens with zero attached hydrogens (tertiary/aromatic N) is 1. The fourth-order valence-corrected chi connectivity index (χ4v) is 2.63. The molecule has 1 aliphatic carbocycles. The van der Waals surface area contributed by atoms with Gasteiger partial charge in [0.1, 0.15) is 5.15 Å². The van der Waals surface area contributed by atoms with Crippen LogP contribution in [0.3, 0.4) is 0 Å². The van der Waals surface area contributed by atoms with Gasteiger partial charge in [0.2, 0.25) is 0 Å². The van der Waals surface area contributed by atoms with Crippen molar-refractivity contribution in [2.24, 2.45) is 5.92 Å². The number of pyridine rings is 1. The van der Waals surface area contributed by atoms with Crippen LogP contribution in [0.25, 0.3) is 0 Å². The average Bonchev–Trinajstić information content (AvgIpc) is 2.26. The van der Waals surface area contributed by atoms with Gasteiger partial charge in [-0.3, -0.25) is 0 Å². The Morgan fingerprint density at radius 2 is 2.06 bits per heavy atom. The summed E-state index contributed by atoms with van der Waals surface area (Å²) in [6, 6.07) is 2.36. The summed E-state index contributed by atoms with van der Waals surface area (Å²) in [7, 11) is 0. The topological polar surface area (TPSA) is 24.9 Å². The molecule has 2 rings (SSSR count). The molecule has 1 aromatic heterocycles. The maximum Gasteiger partial charge on any atom is 0.129 e. The first-order valence-electron chi connectivity index (χ1n) is 6.96. The Kier molecular flexibility index (Phi) is 4.63. The zero-order valence-corrected chi connectivity index (χ0v) is 12.3. The minimum Gasteiger partial charge on any atom is -0.310 e. The molecule has 1 heterocycles. The highest BCUT2D eigenvalue weighted by molar-refractivity contribution is 6.29. The van der Waals surface area contributed by atoms with Gasteiger partial charge in [0.15, 0.2) is 0 Å². The molecule has 3 heteroatoms. The molecule has 1 aliphatic rings. The number of aromatic nitrogens is 1. The van der Waals surface area contributed by atoms with E-state index in [0.29, 0.717) is 17.1 Å². The Morgan fingerprint density at radius 3 is 2.61 bits per heavy atom. The zero-order chi connectivity index (χ0) is 13.1. The Morgan fingerprint density at radius 1 is 1.33 bits per heavy atom. The van der Waals surface area contributed by atoms with Crippen LogP contribution < -0.4 is 5.32 Å². The van der Waals surface area contributed by atoms with Crippen molar-refractivity contribution in [3.05, 3.63) is 28.5 Å². The van der Waals surface area contributed by atoms with E-state index < -0.39 is 0 Å². The lowest BCUT2D eigenvalue weighted by Gasteiger charge is -2.28. The van der Waals surface area contributed by atoms with Gasteiger partial charge in [-0.1, -0.05) is 31.9 Å². The van der Waals surface area contributed by atoms with E-state index in [1.54, 1.807) is 0 Å². The molecule has 1 saturated carbocycles. The van der Waals surface area contributed by atoms with Crippen LogP contribution in [0.1, 0.15) is 63.1 Å². The lowest BCUT2D eigenvalue weighted by atomic mass is 9.85. The van der Waals surface area contributed by atoms with E-state index in [4.69, 9.17) is 11.6 Å². The summed E-state index contributed by atoms with van der Waals surface area (Å²) in [5.74, 6) is 1.36. The minimum atomic E-state index is 0.354. The smallest absolute Gasteiger partial charge is 0.129 e. The minimum absolute atomic E-state index is 0.354. The van der Waals surface area contributed by atoms with Crippen LogP contribution in [0.5, 0.6) is 0 Å². The standard InChI is InChI=1S/C15H23ClN2/c1-10(2)13-7-15(16)18-9-14(13)11(3)17-8-12-5-4-6-12/h7,9-12,17H,4-6,8H2,1-3H3. The summed E-state index contributed by atoms with van der Waals surface area (Å²) in [6.45, 7) is 7.75. The van der Waals surface area contributed by atoms with E-state index in [9.17, 15) is 0 Å². The summed E-state index contributed by atoms with van der Waals surface area (Å²) in [6.07, 6.45) is 6.10. The first kappa shape index (κ1) is 13.8. The highest BCUT2D eigenvalue weighted by atomic mass is 35.5. The van der Waals surface area contributed by atoms with Crippen molar-refractivity contribution in [2.45, 2.75) is 52.0 Å². The van der Waals surface area contributed by atoms with Crippen molar-refractivity contribution in [3.63, 3.8) is 0 Å². The second kappa shape index (κ2) is 6.03. The van der Waals surface area contributed by atoms with Gasteiger partial charge in [-0.25, -0.2) is 4.98 Å². The average molecular weight is 267 g/mol. The molecule has 1 atom stereocenters. The predicted octanol–water partition coefficient (Wildman–Crippen LogP) is 4.31. The molecule has 100 valence electrons. The second-order valence-electron chi connectivity index (χ2n) is 5.72. The van der Waals surface area contributed by atoms with Gasteiger partial charge in [-0.05, 0) is 55.3 Å². The van der Waals surface area contributed by atoms with Gasteiger partial charge < -0.3 is 5.32 Å². The molecule has 1 aromatic rings. The van der Waals surface area contributed by atoms with Crippen molar-refractivity contribution < 1.29 is 0 Å². The molecule has 0 saturated heterocycles. The van der Waals surface area contributed by atoms with Gasteiger partial charge in [0.05, 0.1) is 0 Å². The van der Waals surface area contributed by atoms with Gasteiger partial charge in [0.25, 0.3) is 0 Å². The van der Waals surface area contributed by atoms with Crippen LogP contribution in [0, 0.1) is 5.92 Å². The number of hydrogen-bond acceptors (Lipinski definition) is 2. The SMILES string of the molecule is CC(C)c1cc(Cl)ncc1C(C)NCC1CCC1.